The molecule has 0 spiro atoms. The van der Waals surface area contributed by atoms with E-state index in [0.717, 1.165) is 36.3 Å². The highest BCUT2D eigenvalue weighted by Crippen LogP contribution is 2.45. The molecular weight excluding hydrogens is 551 g/mol. The Kier molecular flexibility index (Phi) is 8.07. The van der Waals surface area contributed by atoms with Crippen LogP contribution in [0.25, 0.3) is 11.0 Å². The molecule has 0 radical (unpaired) electrons. The lowest BCUT2D eigenvalue weighted by molar-refractivity contribution is 0.0531. The molecule has 9 nitrogen and oxygen atoms in total. The minimum Gasteiger partial charge on any atom is -0.490 e. The number of benzene rings is 2. The van der Waals surface area contributed by atoms with Crippen LogP contribution >= 0.6 is 11.3 Å². The van der Waals surface area contributed by atoms with Gasteiger partial charge < -0.3 is 18.6 Å². The van der Waals surface area contributed by atoms with Crippen molar-refractivity contribution in [1.29, 1.82) is 0 Å². The van der Waals surface area contributed by atoms with E-state index in [1.54, 1.807) is 32.0 Å². The fourth-order valence-electron chi connectivity index (χ4n) is 4.74. The minimum absolute atomic E-state index is 0.00971. The highest BCUT2D eigenvalue weighted by Gasteiger charge is 2.45. The number of nitrogens with zero attached hydrogens (tertiary/aromatic N) is 2. The minimum atomic E-state index is -0.995. The molecule has 214 valence electrons. The summed E-state index contributed by atoms with van der Waals surface area (Å²) in [6, 6.07) is 7.77. The molecule has 0 fully saturated rings. The smallest absolute Gasteiger partial charge is 0.350 e. The summed E-state index contributed by atoms with van der Waals surface area (Å²) in [6.45, 7) is 8.28. The summed E-state index contributed by atoms with van der Waals surface area (Å²) in [4.78, 5) is 46.4. The van der Waals surface area contributed by atoms with Crippen LogP contribution in [0.2, 0.25) is 0 Å². The number of aromatic nitrogens is 1. The van der Waals surface area contributed by atoms with Crippen molar-refractivity contribution in [2.75, 3.05) is 24.7 Å². The van der Waals surface area contributed by atoms with Crippen molar-refractivity contribution < 1.29 is 32.6 Å². The van der Waals surface area contributed by atoms with Crippen molar-refractivity contribution in [1.82, 2.24) is 4.98 Å². The fraction of sp³-hybridized carbons (Fsp3) is 0.333. The van der Waals surface area contributed by atoms with Gasteiger partial charge in [0.25, 0.3) is 5.91 Å². The lowest BCUT2D eigenvalue weighted by atomic mass is 9.98. The number of halogens is 1. The second-order valence-corrected chi connectivity index (χ2v) is 10.3. The van der Waals surface area contributed by atoms with Gasteiger partial charge in [0.15, 0.2) is 22.1 Å². The Morgan fingerprint density at radius 2 is 1.88 bits per heavy atom. The number of esters is 1. The molecule has 5 rings (SSSR count). The molecule has 11 heteroatoms. The van der Waals surface area contributed by atoms with E-state index in [0.29, 0.717) is 36.0 Å². The van der Waals surface area contributed by atoms with Gasteiger partial charge in [-0.1, -0.05) is 30.7 Å². The summed E-state index contributed by atoms with van der Waals surface area (Å²) in [7, 11) is 0. The van der Waals surface area contributed by atoms with Gasteiger partial charge in [-0.05, 0) is 63.1 Å². The molecule has 1 amide bonds. The highest BCUT2D eigenvalue weighted by atomic mass is 32.1. The van der Waals surface area contributed by atoms with Crippen molar-refractivity contribution in [2.45, 2.75) is 46.6 Å². The predicted octanol–water partition coefficient (Wildman–Crippen LogP) is 6.20. The molecular formula is C30H29FN2O7S. The lowest BCUT2D eigenvalue weighted by Crippen LogP contribution is -2.29. The maximum atomic E-state index is 14.2. The van der Waals surface area contributed by atoms with Crippen molar-refractivity contribution >= 4 is 39.3 Å². The third-order valence-electron chi connectivity index (χ3n) is 6.62. The highest BCUT2D eigenvalue weighted by molar-refractivity contribution is 7.17. The lowest BCUT2D eigenvalue weighted by Gasteiger charge is -2.23. The van der Waals surface area contributed by atoms with Gasteiger partial charge in [0, 0.05) is 0 Å². The van der Waals surface area contributed by atoms with E-state index < -0.39 is 29.2 Å². The normalized spacial score (nSPS) is 14.4. The summed E-state index contributed by atoms with van der Waals surface area (Å²) < 4.78 is 37.0. The number of fused-ring (bicyclic) bond motifs is 2. The Hall–Kier alpha value is -4.25. The van der Waals surface area contributed by atoms with E-state index in [9.17, 15) is 18.8 Å². The van der Waals surface area contributed by atoms with E-state index in [4.69, 9.17) is 18.6 Å². The van der Waals surface area contributed by atoms with Crippen LogP contribution in [0.5, 0.6) is 11.5 Å². The molecule has 1 unspecified atom stereocenters. The van der Waals surface area contributed by atoms with Gasteiger partial charge in [-0.25, -0.2) is 14.2 Å². The van der Waals surface area contributed by atoms with Crippen molar-refractivity contribution in [3.8, 4) is 11.5 Å². The molecule has 1 aliphatic heterocycles. The van der Waals surface area contributed by atoms with Gasteiger partial charge in [-0.15, -0.1) is 0 Å². The number of thiazole rings is 1. The third kappa shape index (κ3) is 5.17. The van der Waals surface area contributed by atoms with Crippen molar-refractivity contribution in [2.24, 2.45) is 0 Å². The number of aryl methyl sites for hydroxylation is 1. The van der Waals surface area contributed by atoms with Crippen LogP contribution in [0.4, 0.5) is 9.52 Å². The molecule has 0 saturated carbocycles. The first-order valence-electron chi connectivity index (χ1n) is 13.4. The van der Waals surface area contributed by atoms with Gasteiger partial charge in [0.2, 0.25) is 5.76 Å². The molecule has 2 aromatic heterocycles. The zero-order valence-electron chi connectivity index (χ0n) is 23.1. The number of hydrogen-bond donors (Lipinski definition) is 0. The van der Waals surface area contributed by atoms with Crippen LogP contribution in [0.1, 0.15) is 76.7 Å². The molecule has 0 saturated heterocycles. The molecule has 0 aliphatic carbocycles. The first-order valence-corrected chi connectivity index (χ1v) is 14.2. The number of carbonyl (C=O) groups is 2. The topological polar surface area (TPSA) is 108 Å². The van der Waals surface area contributed by atoms with Crippen molar-refractivity contribution in [3.63, 3.8) is 0 Å². The van der Waals surface area contributed by atoms with Crippen LogP contribution in [-0.2, 0) is 4.74 Å². The number of rotatable bonds is 10. The summed E-state index contributed by atoms with van der Waals surface area (Å²) in [6.07, 6.45) is 1.83. The van der Waals surface area contributed by atoms with Gasteiger partial charge in [-0.2, -0.15) is 0 Å². The van der Waals surface area contributed by atoms with E-state index >= 15 is 0 Å². The Labute approximate surface area is 239 Å². The molecule has 1 atom stereocenters. The van der Waals surface area contributed by atoms with E-state index in [-0.39, 0.29) is 38.9 Å². The maximum absolute atomic E-state index is 14.2. The van der Waals surface area contributed by atoms with Crippen LogP contribution in [-0.4, -0.2) is 36.7 Å². The molecule has 41 heavy (non-hydrogen) atoms. The number of hydrogen-bond acceptors (Lipinski definition) is 9. The molecule has 0 bridgehead atoms. The summed E-state index contributed by atoms with van der Waals surface area (Å²) in [5.74, 6) is -0.978. The predicted molar refractivity (Wildman–Crippen MR) is 152 cm³/mol. The average Bonchev–Trinajstić information content (AvgIpc) is 3.47. The molecule has 3 heterocycles. The number of ether oxygens (including phenoxy) is 3. The Morgan fingerprint density at radius 1 is 1.07 bits per heavy atom. The van der Waals surface area contributed by atoms with Crippen LogP contribution in [0.15, 0.2) is 45.6 Å². The van der Waals surface area contributed by atoms with Gasteiger partial charge in [0.05, 0.1) is 42.5 Å². The number of carbonyl (C=O) groups excluding carboxylic acids is 2. The second kappa shape index (κ2) is 11.7. The van der Waals surface area contributed by atoms with E-state index in [2.05, 4.69) is 11.9 Å². The molecule has 1 aliphatic rings. The standard InChI is InChI=1S/C30H29FN2O7S/c1-5-8-13-39-21-11-9-17(14-22(21)37-6-2)24-23-25(34)19-15-18(31)10-12-20(19)40-26(23)28(35)33(24)30-32-16(4)27(41-30)29(36)38-7-3/h9-12,14-15,24H,5-8,13H2,1-4H3. The number of amides is 1. The largest absolute Gasteiger partial charge is 0.490 e. The first-order chi connectivity index (χ1) is 19.8. The summed E-state index contributed by atoms with van der Waals surface area (Å²) >= 11 is 0.981. The SMILES string of the molecule is CCCCOc1ccc(C2c3c(oc4ccc(F)cc4c3=O)C(=O)N2c2nc(C)c(C(=O)OCC)s2)cc1OCC. The number of anilines is 1. The Bertz CT molecular complexity index is 1700. The van der Waals surface area contributed by atoms with Gasteiger partial charge in [-0.3, -0.25) is 14.5 Å². The zero-order chi connectivity index (χ0) is 29.3. The molecule has 2 aromatic carbocycles. The zero-order valence-corrected chi connectivity index (χ0v) is 23.9. The molecule has 0 N–H and O–H groups in total. The third-order valence-corrected chi connectivity index (χ3v) is 7.76. The number of unbranched alkanes of at least 4 members (excludes halogenated alkanes) is 1. The maximum Gasteiger partial charge on any atom is 0.350 e. The van der Waals surface area contributed by atoms with Crippen LogP contribution in [0.3, 0.4) is 0 Å². The Morgan fingerprint density at radius 3 is 2.61 bits per heavy atom. The van der Waals surface area contributed by atoms with E-state index in [1.807, 2.05) is 6.92 Å². The molecule has 4 aromatic rings. The quantitative estimate of drug-likeness (QED) is 0.161. The van der Waals surface area contributed by atoms with Gasteiger partial charge in [0.1, 0.15) is 16.3 Å². The fourth-order valence-corrected chi connectivity index (χ4v) is 5.73. The first kappa shape index (κ1) is 28.3. The summed E-state index contributed by atoms with van der Waals surface area (Å²) in [5, 5.41) is 0.193. The van der Waals surface area contributed by atoms with Crippen LogP contribution in [0, 0.1) is 12.7 Å². The average molecular weight is 581 g/mol. The Balaban J connectivity index is 1.71. The van der Waals surface area contributed by atoms with E-state index in [1.165, 1.54) is 11.0 Å². The summed E-state index contributed by atoms with van der Waals surface area (Å²) in [5.41, 5.74) is 0.493. The monoisotopic (exact) mass is 580 g/mol. The van der Waals surface area contributed by atoms with Gasteiger partial charge >= 0.3 is 5.97 Å². The second-order valence-electron chi connectivity index (χ2n) is 9.36. The van der Waals surface area contributed by atoms with Crippen molar-refractivity contribution in [3.05, 3.63) is 79.9 Å². The van der Waals surface area contributed by atoms with Crippen LogP contribution < -0.4 is 19.8 Å².